The minimum atomic E-state index is -0.951. The Labute approximate surface area is 161 Å². The molecule has 27 heavy (non-hydrogen) atoms. The smallest absolute Gasteiger partial charge is 0.303 e. The van der Waals surface area contributed by atoms with Gasteiger partial charge in [0.15, 0.2) is 0 Å². The zero-order valence-corrected chi connectivity index (χ0v) is 16.1. The lowest BCUT2D eigenvalue weighted by molar-refractivity contribution is -0.137. The van der Waals surface area contributed by atoms with Crippen molar-refractivity contribution >= 4 is 11.8 Å². The number of hydrogen-bond acceptors (Lipinski definition) is 4. The fourth-order valence-corrected chi connectivity index (χ4v) is 4.03. The fraction of sp³-hybridized carbons (Fsp3) is 0.636. The van der Waals surface area contributed by atoms with E-state index in [2.05, 4.69) is 12.2 Å². The molecule has 0 heterocycles. The molecule has 0 aliphatic heterocycles. The van der Waals surface area contributed by atoms with Gasteiger partial charge in [0.25, 0.3) is 0 Å². The number of allylic oxidation sites excluding steroid dienone is 4. The van der Waals surface area contributed by atoms with E-state index in [-0.39, 0.29) is 36.4 Å². The first-order valence-corrected chi connectivity index (χ1v) is 9.95. The SMILES string of the molecule is CC(O)(/C=C/[C@H]1[C@H](O)CC(=O)[C@@H]1C/C=C\CCCC(=O)O)C1CC=CCC1. The van der Waals surface area contributed by atoms with Crippen molar-refractivity contribution in [3.05, 3.63) is 36.5 Å². The molecule has 1 fully saturated rings. The van der Waals surface area contributed by atoms with E-state index in [1.165, 1.54) is 0 Å². The lowest BCUT2D eigenvalue weighted by Crippen LogP contribution is -2.33. The Hall–Kier alpha value is -1.72. The number of ketones is 1. The molecule has 0 saturated heterocycles. The van der Waals surface area contributed by atoms with E-state index in [0.717, 1.165) is 19.3 Å². The second-order valence-electron chi connectivity index (χ2n) is 7.98. The molecule has 2 aliphatic carbocycles. The number of carboxylic acids is 1. The molecular weight excluding hydrogens is 344 g/mol. The molecule has 0 radical (unpaired) electrons. The predicted octanol–water partition coefficient (Wildman–Crippen LogP) is 3.42. The molecule has 5 nitrogen and oxygen atoms in total. The average molecular weight is 376 g/mol. The van der Waals surface area contributed by atoms with E-state index < -0.39 is 17.7 Å². The number of aliphatic carboxylic acids is 1. The Morgan fingerprint density at radius 3 is 2.78 bits per heavy atom. The lowest BCUT2D eigenvalue weighted by Gasteiger charge is -2.32. The third-order valence-electron chi connectivity index (χ3n) is 5.80. The minimum Gasteiger partial charge on any atom is -0.481 e. The van der Waals surface area contributed by atoms with E-state index in [9.17, 15) is 19.8 Å². The van der Waals surface area contributed by atoms with Gasteiger partial charge in [-0.3, -0.25) is 9.59 Å². The molecule has 0 spiro atoms. The Morgan fingerprint density at radius 1 is 1.33 bits per heavy atom. The molecule has 0 aromatic rings. The Kier molecular flexibility index (Phi) is 7.99. The molecule has 2 rings (SSSR count). The number of carbonyl (C=O) groups is 2. The predicted molar refractivity (Wildman–Crippen MR) is 104 cm³/mol. The second-order valence-corrected chi connectivity index (χ2v) is 7.98. The van der Waals surface area contributed by atoms with Crippen LogP contribution < -0.4 is 0 Å². The summed E-state index contributed by atoms with van der Waals surface area (Å²) in [4.78, 5) is 22.8. The van der Waals surface area contributed by atoms with Gasteiger partial charge in [-0.2, -0.15) is 0 Å². The average Bonchev–Trinajstić information content (AvgIpc) is 2.89. The third kappa shape index (κ3) is 6.43. The Balaban J connectivity index is 1.94. The van der Waals surface area contributed by atoms with Gasteiger partial charge in [-0.05, 0) is 51.4 Å². The van der Waals surface area contributed by atoms with Crippen molar-refractivity contribution in [2.24, 2.45) is 17.8 Å². The molecule has 0 amide bonds. The zero-order chi connectivity index (χ0) is 19.9. The molecule has 0 aromatic heterocycles. The molecule has 3 N–H and O–H groups in total. The minimum absolute atomic E-state index is 0.0487. The van der Waals surface area contributed by atoms with Crippen LogP contribution in [0.15, 0.2) is 36.5 Å². The Morgan fingerprint density at radius 2 is 2.11 bits per heavy atom. The number of hydrogen-bond donors (Lipinski definition) is 3. The second kappa shape index (κ2) is 10.00. The number of Topliss-reactive ketones (excluding diaryl/α,β-unsaturated/α-hetero) is 1. The molecule has 150 valence electrons. The molecule has 2 aliphatic rings. The van der Waals surface area contributed by atoms with Crippen LogP contribution >= 0.6 is 0 Å². The number of aliphatic hydroxyl groups is 2. The number of rotatable bonds is 9. The van der Waals surface area contributed by atoms with Crippen molar-refractivity contribution < 1.29 is 24.9 Å². The van der Waals surface area contributed by atoms with Crippen molar-refractivity contribution in [2.45, 2.75) is 70.0 Å². The third-order valence-corrected chi connectivity index (χ3v) is 5.80. The zero-order valence-electron chi connectivity index (χ0n) is 16.1. The largest absolute Gasteiger partial charge is 0.481 e. The highest BCUT2D eigenvalue weighted by Gasteiger charge is 2.40. The molecule has 5 atom stereocenters. The fourth-order valence-electron chi connectivity index (χ4n) is 4.03. The van der Waals surface area contributed by atoms with Crippen LogP contribution in [-0.2, 0) is 9.59 Å². The van der Waals surface area contributed by atoms with E-state index in [4.69, 9.17) is 5.11 Å². The summed E-state index contributed by atoms with van der Waals surface area (Å²) < 4.78 is 0. The summed E-state index contributed by atoms with van der Waals surface area (Å²) in [7, 11) is 0. The van der Waals surface area contributed by atoms with E-state index >= 15 is 0 Å². The summed E-state index contributed by atoms with van der Waals surface area (Å²) in [6.45, 7) is 1.80. The summed E-state index contributed by atoms with van der Waals surface area (Å²) in [5.74, 6) is -1.17. The van der Waals surface area contributed by atoms with Gasteiger partial charge < -0.3 is 15.3 Å². The van der Waals surface area contributed by atoms with Crippen LogP contribution in [0.5, 0.6) is 0 Å². The maximum Gasteiger partial charge on any atom is 0.303 e. The van der Waals surface area contributed by atoms with E-state index in [1.807, 2.05) is 18.2 Å². The van der Waals surface area contributed by atoms with Gasteiger partial charge >= 0.3 is 5.97 Å². The maximum absolute atomic E-state index is 12.3. The number of aliphatic hydroxyl groups excluding tert-OH is 1. The first kappa shape index (κ1) is 21.6. The quantitative estimate of drug-likeness (QED) is 0.423. The van der Waals surface area contributed by atoms with Crippen molar-refractivity contribution in [3.8, 4) is 0 Å². The van der Waals surface area contributed by atoms with E-state index in [1.54, 1.807) is 13.0 Å². The van der Waals surface area contributed by atoms with Gasteiger partial charge in [-0.25, -0.2) is 0 Å². The van der Waals surface area contributed by atoms with Gasteiger partial charge in [0, 0.05) is 24.7 Å². The summed E-state index contributed by atoms with van der Waals surface area (Å²) in [6, 6.07) is 0. The normalized spacial score (nSPS) is 31.0. The molecule has 1 saturated carbocycles. The van der Waals surface area contributed by atoms with Crippen molar-refractivity contribution in [1.82, 2.24) is 0 Å². The van der Waals surface area contributed by atoms with Crippen molar-refractivity contribution in [1.29, 1.82) is 0 Å². The van der Waals surface area contributed by atoms with Gasteiger partial charge in [-0.1, -0.05) is 36.5 Å². The molecular formula is C22H32O5. The van der Waals surface area contributed by atoms with Crippen molar-refractivity contribution in [3.63, 3.8) is 0 Å². The van der Waals surface area contributed by atoms with E-state index in [0.29, 0.717) is 19.3 Å². The number of unbranched alkanes of at least 4 members (excludes halogenated alkanes) is 1. The number of carboxylic acid groups (broad SMARTS) is 1. The maximum atomic E-state index is 12.3. The van der Waals surface area contributed by atoms with Gasteiger partial charge in [-0.15, -0.1) is 0 Å². The Bertz CT molecular complexity index is 602. The highest BCUT2D eigenvalue weighted by molar-refractivity contribution is 5.84. The number of carbonyl (C=O) groups excluding carboxylic acids is 1. The lowest BCUT2D eigenvalue weighted by atomic mass is 9.79. The van der Waals surface area contributed by atoms with Crippen LogP contribution in [-0.4, -0.2) is 38.8 Å². The van der Waals surface area contributed by atoms with Crippen LogP contribution in [0.3, 0.4) is 0 Å². The molecule has 0 aromatic carbocycles. The first-order chi connectivity index (χ1) is 12.8. The van der Waals surface area contributed by atoms with Crippen molar-refractivity contribution in [2.75, 3.05) is 0 Å². The monoisotopic (exact) mass is 376 g/mol. The molecule has 2 unspecified atom stereocenters. The van der Waals surface area contributed by atoms with Gasteiger partial charge in [0.05, 0.1) is 11.7 Å². The van der Waals surface area contributed by atoms with Crippen LogP contribution in [0.2, 0.25) is 0 Å². The highest BCUT2D eigenvalue weighted by Crippen LogP contribution is 2.36. The topological polar surface area (TPSA) is 94.8 Å². The standard InChI is InChI=1S/C22H32O5/c1-22(27,16-9-5-4-6-10-16)14-13-18-17(19(23)15-20(18)24)11-7-2-3-8-12-21(25)26/h2,4-5,7,13-14,16-18,20,24,27H,3,6,8-12,15H2,1H3,(H,25,26)/b7-2-,14-13+/t16?,17-,18-,20-,22?/m1/s1. The van der Waals surface area contributed by atoms with Crippen LogP contribution in [0.25, 0.3) is 0 Å². The summed E-state index contributed by atoms with van der Waals surface area (Å²) in [5, 5.41) is 29.7. The first-order valence-electron chi connectivity index (χ1n) is 9.95. The highest BCUT2D eigenvalue weighted by atomic mass is 16.4. The van der Waals surface area contributed by atoms with Crippen LogP contribution in [0.4, 0.5) is 0 Å². The van der Waals surface area contributed by atoms with Crippen LogP contribution in [0.1, 0.15) is 58.3 Å². The molecule has 5 heteroatoms. The summed E-state index contributed by atoms with van der Waals surface area (Å²) in [5.41, 5.74) is -0.951. The summed E-state index contributed by atoms with van der Waals surface area (Å²) >= 11 is 0. The van der Waals surface area contributed by atoms with Gasteiger partial charge in [0.1, 0.15) is 5.78 Å². The molecule has 0 bridgehead atoms. The van der Waals surface area contributed by atoms with Crippen LogP contribution in [0, 0.1) is 17.8 Å². The van der Waals surface area contributed by atoms with Gasteiger partial charge in [0.2, 0.25) is 0 Å². The summed E-state index contributed by atoms with van der Waals surface area (Å²) in [6.07, 6.45) is 15.8.